The minimum atomic E-state index is -3.41. The van der Waals surface area contributed by atoms with Gasteiger partial charge in [-0.2, -0.15) is 0 Å². The molecule has 4 aromatic carbocycles. The summed E-state index contributed by atoms with van der Waals surface area (Å²) in [5.74, 6) is -0.729. The van der Waals surface area contributed by atoms with Crippen LogP contribution in [0.2, 0.25) is 0 Å². The first-order chi connectivity index (χ1) is 16.9. The summed E-state index contributed by atoms with van der Waals surface area (Å²) in [5.41, 5.74) is 2.49. The smallest absolute Gasteiger partial charge is 0.337 e. The number of nitrogens with one attached hydrogen (secondary N) is 1. The van der Waals surface area contributed by atoms with E-state index < -0.39 is 19.3 Å². The van der Waals surface area contributed by atoms with E-state index in [1.165, 1.54) is 7.11 Å². The predicted octanol–water partition coefficient (Wildman–Crippen LogP) is 5.22. The Balaban J connectivity index is 1.80. The lowest BCUT2D eigenvalue weighted by atomic mass is 9.97. The molecule has 0 aliphatic rings. The lowest BCUT2D eigenvalue weighted by molar-refractivity contribution is 0.0600. The van der Waals surface area contributed by atoms with Crippen molar-refractivity contribution in [2.45, 2.75) is 13.0 Å². The Labute approximate surface area is 205 Å². The summed E-state index contributed by atoms with van der Waals surface area (Å²) in [6.07, 6.45) is 0. The normalized spacial score (nSPS) is 12.1. The lowest BCUT2D eigenvalue weighted by Crippen LogP contribution is -2.34. The quantitative estimate of drug-likeness (QED) is 0.211. The van der Waals surface area contributed by atoms with E-state index in [9.17, 15) is 14.2 Å². The molecule has 176 valence electrons. The molecule has 35 heavy (non-hydrogen) atoms. The van der Waals surface area contributed by atoms with Crippen LogP contribution in [-0.2, 0) is 9.30 Å². The van der Waals surface area contributed by atoms with Crippen molar-refractivity contribution in [2.75, 3.05) is 7.11 Å². The standard InChI is InChI=1S/C29H26NO4P/c1-21-13-15-22(16-14-21)27(28(31)23-17-19-24(20-18-23)29(32)34-2)30-35(33,25-9-5-3-6-10-25)26-11-7-4-8-12-26/h3-20,27H,1-2H3,(H,30,33). The fourth-order valence-electron chi connectivity index (χ4n) is 3.85. The number of esters is 1. The van der Waals surface area contributed by atoms with Gasteiger partial charge in [0.15, 0.2) is 5.78 Å². The monoisotopic (exact) mass is 483 g/mol. The zero-order valence-electron chi connectivity index (χ0n) is 19.5. The predicted molar refractivity (Wildman–Crippen MR) is 139 cm³/mol. The van der Waals surface area contributed by atoms with Crippen LogP contribution < -0.4 is 15.7 Å². The average Bonchev–Trinajstić information content (AvgIpc) is 2.92. The summed E-state index contributed by atoms with van der Waals surface area (Å²) in [4.78, 5) is 25.6. The summed E-state index contributed by atoms with van der Waals surface area (Å²) in [6, 6.07) is 31.3. The highest BCUT2D eigenvalue weighted by Crippen LogP contribution is 2.42. The Hall–Kier alpha value is -3.79. The molecular formula is C29H26NO4P. The molecule has 0 amide bonds. The maximum atomic E-state index is 14.7. The Morgan fingerprint density at radius 2 is 1.20 bits per heavy atom. The first-order valence-electron chi connectivity index (χ1n) is 11.2. The summed E-state index contributed by atoms with van der Waals surface area (Å²) in [7, 11) is -2.10. The summed E-state index contributed by atoms with van der Waals surface area (Å²) < 4.78 is 19.4. The minimum Gasteiger partial charge on any atom is -0.465 e. The van der Waals surface area contributed by atoms with Crippen molar-refractivity contribution >= 4 is 29.7 Å². The largest absolute Gasteiger partial charge is 0.465 e. The third-order valence-electron chi connectivity index (χ3n) is 5.81. The number of hydrogen-bond acceptors (Lipinski definition) is 4. The number of ether oxygens (including phenoxy) is 1. The maximum absolute atomic E-state index is 14.7. The van der Waals surface area contributed by atoms with Gasteiger partial charge >= 0.3 is 5.97 Å². The van der Waals surface area contributed by atoms with Crippen LogP contribution in [0.1, 0.15) is 37.9 Å². The molecule has 0 saturated carbocycles. The van der Waals surface area contributed by atoms with Crippen molar-refractivity contribution in [3.63, 3.8) is 0 Å². The molecule has 0 heterocycles. The SMILES string of the molecule is COC(=O)c1ccc(C(=O)C(NP(=O)(c2ccccc2)c2ccccc2)c2ccc(C)cc2)cc1. The van der Waals surface area contributed by atoms with Crippen LogP contribution >= 0.6 is 7.29 Å². The van der Waals surface area contributed by atoms with Crippen LogP contribution in [-0.4, -0.2) is 18.9 Å². The number of rotatable bonds is 8. The van der Waals surface area contributed by atoms with Crippen molar-refractivity contribution in [1.82, 2.24) is 5.09 Å². The number of benzene rings is 4. The molecule has 4 rings (SSSR count). The Morgan fingerprint density at radius 1 is 0.714 bits per heavy atom. The zero-order chi connectivity index (χ0) is 24.8. The number of methoxy groups -OCH3 is 1. The van der Waals surface area contributed by atoms with E-state index in [1.807, 2.05) is 91.9 Å². The molecule has 0 fully saturated rings. The van der Waals surface area contributed by atoms with Gasteiger partial charge in [0.25, 0.3) is 0 Å². The molecule has 0 spiro atoms. The highest BCUT2D eigenvalue weighted by atomic mass is 31.2. The lowest BCUT2D eigenvalue weighted by Gasteiger charge is -2.27. The van der Waals surface area contributed by atoms with E-state index in [4.69, 9.17) is 4.74 Å². The molecule has 5 nitrogen and oxygen atoms in total. The second-order valence-electron chi connectivity index (χ2n) is 8.19. The van der Waals surface area contributed by atoms with Crippen molar-refractivity contribution in [1.29, 1.82) is 0 Å². The molecule has 4 aromatic rings. The molecular weight excluding hydrogens is 457 g/mol. The first-order valence-corrected chi connectivity index (χ1v) is 12.9. The fraction of sp³-hybridized carbons (Fsp3) is 0.103. The topological polar surface area (TPSA) is 72.5 Å². The van der Waals surface area contributed by atoms with Gasteiger partial charge < -0.3 is 4.74 Å². The number of hydrogen-bond donors (Lipinski definition) is 1. The molecule has 0 aliphatic carbocycles. The minimum absolute atomic E-state index is 0.252. The van der Waals surface area contributed by atoms with Crippen LogP contribution in [0.25, 0.3) is 0 Å². The van der Waals surface area contributed by atoms with Gasteiger partial charge in [-0.1, -0.05) is 78.4 Å². The number of Topliss-reactive ketones (excluding diaryl/α,β-unsaturated/α-hetero) is 1. The van der Waals surface area contributed by atoms with E-state index in [2.05, 4.69) is 5.09 Å². The average molecular weight is 484 g/mol. The molecule has 1 N–H and O–H groups in total. The fourth-order valence-corrected chi connectivity index (χ4v) is 6.26. The second-order valence-corrected chi connectivity index (χ2v) is 10.7. The van der Waals surface area contributed by atoms with Crippen LogP contribution in [0, 0.1) is 6.92 Å². The third kappa shape index (κ3) is 5.32. The zero-order valence-corrected chi connectivity index (χ0v) is 20.4. The van der Waals surface area contributed by atoms with Crippen LogP contribution in [0.15, 0.2) is 109 Å². The number of carbonyl (C=O) groups is 2. The molecule has 0 saturated heterocycles. The van der Waals surface area contributed by atoms with Gasteiger partial charge in [0.1, 0.15) is 6.04 Å². The molecule has 0 aromatic heterocycles. The van der Waals surface area contributed by atoms with Gasteiger partial charge in [0.05, 0.1) is 12.7 Å². The molecule has 6 heteroatoms. The van der Waals surface area contributed by atoms with E-state index in [-0.39, 0.29) is 5.78 Å². The van der Waals surface area contributed by atoms with Gasteiger partial charge in [-0.15, -0.1) is 0 Å². The van der Waals surface area contributed by atoms with E-state index in [1.54, 1.807) is 24.3 Å². The Kier molecular flexibility index (Phi) is 7.40. The van der Waals surface area contributed by atoms with Gasteiger partial charge in [0.2, 0.25) is 7.29 Å². The summed E-state index contributed by atoms with van der Waals surface area (Å²) in [6.45, 7) is 1.97. The number of ketones is 1. The van der Waals surface area contributed by atoms with Crippen molar-refractivity contribution in [3.05, 3.63) is 131 Å². The van der Waals surface area contributed by atoms with Gasteiger partial charge in [-0.05, 0) is 48.9 Å². The first kappa shape index (κ1) is 24.3. The number of carbonyl (C=O) groups excluding carboxylic acids is 2. The van der Waals surface area contributed by atoms with Crippen molar-refractivity contribution in [3.8, 4) is 0 Å². The highest BCUT2D eigenvalue weighted by molar-refractivity contribution is 7.77. The summed E-state index contributed by atoms with van der Waals surface area (Å²) in [5, 5.41) is 4.48. The molecule has 0 aliphatic heterocycles. The Morgan fingerprint density at radius 3 is 1.69 bits per heavy atom. The Bertz CT molecular complexity index is 1310. The molecule has 0 bridgehead atoms. The van der Waals surface area contributed by atoms with E-state index >= 15 is 0 Å². The second kappa shape index (κ2) is 10.6. The van der Waals surface area contributed by atoms with Crippen molar-refractivity contribution < 1.29 is 18.9 Å². The van der Waals surface area contributed by atoms with E-state index in [0.717, 1.165) is 5.56 Å². The van der Waals surface area contributed by atoms with Gasteiger partial charge in [0, 0.05) is 16.2 Å². The van der Waals surface area contributed by atoms with Crippen LogP contribution in [0.4, 0.5) is 0 Å². The van der Waals surface area contributed by atoms with Crippen LogP contribution in [0.5, 0.6) is 0 Å². The van der Waals surface area contributed by atoms with Gasteiger partial charge in [-0.25, -0.2) is 9.88 Å². The maximum Gasteiger partial charge on any atom is 0.337 e. The van der Waals surface area contributed by atoms with E-state index in [0.29, 0.717) is 27.3 Å². The third-order valence-corrected chi connectivity index (χ3v) is 8.49. The summed E-state index contributed by atoms with van der Waals surface area (Å²) >= 11 is 0. The van der Waals surface area contributed by atoms with Crippen LogP contribution in [0.3, 0.4) is 0 Å². The number of aryl methyl sites for hydroxylation is 1. The molecule has 0 radical (unpaired) electrons. The molecule has 1 unspecified atom stereocenters. The van der Waals surface area contributed by atoms with Crippen molar-refractivity contribution in [2.24, 2.45) is 0 Å². The molecule has 1 atom stereocenters. The highest BCUT2D eigenvalue weighted by Gasteiger charge is 2.34. The van der Waals surface area contributed by atoms with Gasteiger partial charge in [-0.3, -0.25) is 9.36 Å².